The third-order valence-corrected chi connectivity index (χ3v) is 2.80. The van der Waals surface area contributed by atoms with E-state index in [1.54, 1.807) is 7.11 Å². The molecule has 17 heavy (non-hydrogen) atoms. The van der Waals surface area contributed by atoms with Crippen LogP contribution in [0.4, 0.5) is 0 Å². The van der Waals surface area contributed by atoms with Crippen molar-refractivity contribution in [3.8, 4) is 0 Å². The van der Waals surface area contributed by atoms with Crippen molar-refractivity contribution >= 4 is 5.91 Å². The number of carbonyl (C=O) groups excluding carboxylic acids is 1. The van der Waals surface area contributed by atoms with Crippen LogP contribution < -0.4 is 11.1 Å². The van der Waals surface area contributed by atoms with Crippen LogP contribution in [0.5, 0.6) is 0 Å². The van der Waals surface area contributed by atoms with Crippen molar-refractivity contribution in [2.75, 3.05) is 13.7 Å². The second kappa shape index (κ2) is 11.9. The lowest BCUT2D eigenvalue weighted by Gasteiger charge is -2.09. The van der Waals surface area contributed by atoms with Crippen molar-refractivity contribution in [2.24, 2.45) is 5.73 Å². The Balaban J connectivity index is 3.22. The second-order valence-electron chi connectivity index (χ2n) is 4.43. The maximum atomic E-state index is 11.4. The number of amides is 1. The van der Waals surface area contributed by atoms with Crippen LogP contribution in [0.15, 0.2) is 0 Å². The molecule has 0 heterocycles. The standard InChI is InChI=1S/C13H28N2O2/c1-3-4-5-6-10-13(16)15-11-8-7-9-12(14)17-2/h12H,3-11,14H2,1-2H3,(H,15,16). The summed E-state index contributed by atoms with van der Waals surface area (Å²) in [6.45, 7) is 2.92. The first-order valence-corrected chi connectivity index (χ1v) is 6.75. The largest absolute Gasteiger partial charge is 0.367 e. The number of rotatable bonds is 11. The molecular weight excluding hydrogens is 216 g/mol. The zero-order chi connectivity index (χ0) is 12.9. The van der Waals surface area contributed by atoms with Crippen LogP contribution >= 0.6 is 0 Å². The van der Waals surface area contributed by atoms with E-state index >= 15 is 0 Å². The molecule has 0 saturated carbocycles. The van der Waals surface area contributed by atoms with E-state index in [1.165, 1.54) is 12.8 Å². The summed E-state index contributed by atoms with van der Waals surface area (Å²) in [6, 6.07) is 0. The fourth-order valence-corrected chi connectivity index (χ4v) is 1.62. The molecule has 1 atom stereocenters. The molecule has 4 heteroatoms. The number of nitrogens with one attached hydrogen (secondary N) is 1. The van der Waals surface area contributed by atoms with Crippen molar-refractivity contribution in [3.63, 3.8) is 0 Å². The van der Waals surface area contributed by atoms with E-state index in [4.69, 9.17) is 10.5 Å². The van der Waals surface area contributed by atoms with E-state index in [1.807, 2.05) is 0 Å². The van der Waals surface area contributed by atoms with Gasteiger partial charge in [-0.15, -0.1) is 0 Å². The summed E-state index contributed by atoms with van der Waals surface area (Å²) in [4.78, 5) is 11.4. The number of unbranched alkanes of at least 4 members (excludes halogenated alkanes) is 4. The molecule has 1 amide bonds. The van der Waals surface area contributed by atoms with E-state index in [2.05, 4.69) is 12.2 Å². The van der Waals surface area contributed by atoms with E-state index in [0.717, 1.165) is 38.6 Å². The van der Waals surface area contributed by atoms with Gasteiger partial charge in [-0.05, 0) is 25.7 Å². The van der Waals surface area contributed by atoms with Gasteiger partial charge in [0.2, 0.25) is 5.91 Å². The van der Waals surface area contributed by atoms with Gasteiger partial charge < -0.3 is 15.8 Å². The van der Waals surface area contributed by atoms with Gasteiger partial charge in [0.1, 0.15) is 6.23 Å². The van der Waals surface area contributed by atoms with Gasteiger partial charge in [-0.3, -0.25) is 4.79 Å². The van der Waals surface area contributed by atoms with Crippen LogP contribution in [0.2, 0.25) is 0 Å². The van der Waals surface area contributed by atoms with Gasteiger partial charge in [0, 0.05) is 20.1 Å². The summed E-state index contributed by atoms with van der Waals surface area (Å²) >= 11 is 0. The molecule has 4 nitrogen and oxygen atoms in total. The maximum Gasteiger partial charge on any atom is 0.219 e. The second-order valence-corrected chi connectivity index (χ2v) is 4.43. The molecular formula is C13H28N2O2. The molecule has 0 aromatic carbocycles. The van der Waals surface area contributed by atoms with E-state index in [9.17, 15) is 4.79 Å². The van der Waals surface area contributed by atoms with Crippen LogP contribution in [0.3, 0.4) is 0 Å². The topological polar surface area (TPSA) is 64.4 Å². The summed E-state index contributed by atoms with van der Waals surface area (Å²) in [6.07, 6.45) is 7.91. The molecule has 0 aromatic heterocycles. The third kappa shape index (κ3) is 11.6. The van der Waals surface area contributed by atoms with Gasteiger partial charge >= 0.3 is 0 Å². The Hall–Kier alpha value is -0.610. The monoisotopic (exact) mass is 244 g/mol. The molecule has 0 aliphatic rings. The normalized spacial score (nSPS) is 12.4. The Kier molecular flexibility index (Phi) is 11.4. The fourth-order valence-electron chi connectivity index (χ4n) is 1.62. The summed E-state index contributed by atoms with van der Waals surface area (Å²) in [5.74, 6) is 0.178. The van der Waals surface area contributed by atoms with Gasteiger partial charge in [0.15, 0.2) is 0 Å². The first kappa shape index (κ1) is 16.4. The van der Waals surface area contributed by atoms with Crippen molar-refractivity contribution in [2.45, 2.75) is 64.5 Å². The third-order valence-electron chi connectivity index (χ3n) is 2.80. The number of nitrogens with two attached hydrogens (primary N) is 1. The molecule has 0 fully saturated rings. The lowest BCUT2D eigenvalue weighted by Crippen LogP contribution is -2.25. The molecule has 3 N–H and O–H groups in total. The molecule has 1 unspecified atom stereocenters. The first-order chi connectivity index (χ1) is 8.20. The smallest absolute Gasteiger partial charge is 0.219 e. The van der Waals surface area contributed by atoms with Gasteiger partial charge in [-0.2, -0.15) is 0 Å². The highest BCUT2D eigenvalue weighted by atomic mass is 16.5. The molecule has 0 aliphatic carbocycles. The Bertz CT molecular complexity index is 186. The van der Waals surface area contributed by atoms with Crippen molar-refractivity contribution < 1.29 is 9.53 Å². The number of carbonyl (C=O) groups is 1. The first-order valence-electron chi connectivity index (χ1n) is 6.75. The molecule has 0 radical (unpaired) electrons. The predicted molar refractivity (Wildman–Crippen MR) is 70.6 cm³/mol. The summed E-state index contributed by atoms with van der Waals surface area (Å²) in [7, 11) is 1.61. The fraction of sp³-hybridized carbons (Fsp3) is 0.923. The molecule has 0 saturated heterocycles. The Morgan fingerprint density at radius 2 is 2.00 bits per heavy atom. The summed E-state index contributed by atoms with van der Waals surface area (Å²) in [5.41, 5.74) is 5.60. The SMILES string of the molecule is CCCCCCC(=O)NCCCCC(N)OC. The summed E-state index contributed by atoms with van der Waals surface area (Å²) < 4.78 is 4.94. The Labute approximate surface area is 105 Å². The average Bonchev–Trinajstić information content (AvgIpc) is 2.34. The van der Waals surface area contributed by atoms with Crippen LogP contribution in [-0.4, -0.2) is 25.8 Å². The predicted octanol–water partition coefficient (Wildman–Crippen LogP) is 2.17. The maximum absolute atomic E-state index is 11.4. The molecule has 0 aliphatic heterocycles. The van der Waals surface area contributed by atoms with E-state index in [-0.39, 0.29) is 12.1 Å². The van der Waals surface area contributed by atoms with E-state index in [0.29, 0.717) is 6.42 Å². The van der Waals surface area contributed by atoms with Crippen molar-refractivity contribution in [1.29, 1.82) is 0 Å². The van der Waals surface area contributed by atoms with Gasteiger partial charge in [-0.25, -0.2) is 0 Å². The molecule has 102 valence electrons. The molecule has 0 aromatic rings. The minimum atomic E-state index is -0.167. The van der Waals surface area contributed by atoms with Gasteiger partial charge in [-0.1, -0.05) is 26.2 Å². The number of hydrogen-bond acceptors (Lipinski definition) is 3. The number of ether oxygens (including phenoxy) is 1. The van der Waals surface area contributed by atoms with Crippen LogP contribution in [0.1, 0.15) is 58.3 Å². The van der Waals surface area contributed by atoms with Crippen molar-refractivity contribution in [3.05, 3.63) is 0 Å². The molecule has 0 bridgehead atoms. The van der Waals surface area contributed by atoms with Crippen molar-refractivity contribution in [1.82, 2.24) is 5.32 Å². The average molecular weight is 244 g/mol. The Morgan fingerprint density at radius 1 is 1.24 bits per heavy atom. The minimum absolute atomic E-state index is 0.167. The van der Waals surface area contributed by atoms with Crippen LogP contribution in [0, 0.1) is 0 Å². The lowest BCUT2D eigenvalue weighted by atomic mass is 10.1. The Morgan fingerprint density at radius 3 is 2.65 bits per heavy atom. The summed E-state index contributed by atoms with van der Waals surface area (Å²) in [5, 5.41) is 2.93. The molecule has 0 spiro atoms. The lowest BCUT2D eigenvalue weighted by molar-refractivity contribution is -0.121. The van der Waals surface area contributed by atoms with Crippen LogP contribution in [-0.2, 0) is 9.53 Å². The van der Waals surface area contributed by atoms with Gasteiger partial charge in [0.25, 0.3) is 0 Å². The van der Waals surface area contributed by atoms with Gasteiger partial charge in [0.05, 0.1) is 0 Å². The highest BCUT2D eigenvalue weighted by molar-refractivity contribution is 5.75. The zero-order valence-corrected chi connectivity index (χ0v) is 11.3. The molecule has 0 rings (SSSR count). The highest BCUT2D eigenvalue weighted by Gasteiger charge is 2.01. The quantitative estimate of drug-likeness (QED) is 0.432. The highest BCUT2D eigenvalue weighted by Crippen LogP contribution is 2.02. The van der Waals surface area contributed by atoms with Crippen LogP contribution in [0.25, 0.3) is 0 Å². The minimum Gasteiger partial charge on any atom is -0.367 e. The number of hydrogen-bond donors (Lipinski definition) is 2. The van der Waals surface area contributed by atoms with E-state index < -0.39 is 0 Å². The number of methoxy groups -OCH3 is 1. The zero-order valence-electron chi connectivity index (χ0n) is 11.3.